The molecule has 0 radical (unpaired) electrons. The molecule has 3 aromatic carbocycles. The van der Waals surface area contributed by atoms with Gasteiger partial charge in [0.1, 0.15) is 0 Å². The van der Waals surface area contributed by atoms with Gasteiger partial charge in [-0.15, -0.1) is 0 Å². The molecule has 1 nitrogen and oxygen atoms in total. The van der Waals surface area contributed by atoms with E-state index in [0.717, 1.165) is 6.07 Å². The number of benzene rings is 3. The van der Waals surface area contributed by atoms with Gasteiger partial charge in [-0.2, -0.15) is 13.2 Å². The molecular formula is C22H22F3N. The van der Waals surface area contributed by atoms with Crippen LogP contribution in [0.25, 0.3) is 10.8 Å². The Morgan fingerprint density at radius 3 is 2.38 bits per heavy atom. The first kappa shape index (κ1) is 18.5. The molecule has 0 heterocycles. The summed E-state index contributed by atoms with van der Waals surface area (Å²) >= 11 is 0. The fourth-order valence-corrected chi connectivity index (χ4v) is 3.35. The maximum absolute atomic E-state index is 13.0. The van der Waals surface area contributed by atoms with Crippen LogP contribution < -0.4 is 5.32 Å². The van der Waals surface area contributed by atoms with E-state index in [1.54, 1.807) is 12.1 Å². The van der Waals surface area contributed by atoms with E-state index >= 15 is 0 Å². The van der Waals surface area contributed by atoms with Gasteiger partial charge in [0.25, 0.3) is 0 Å². The normalized spacial score (nSPS) is 13.1. The lowest BCUT2D eigenvalue weighted by molar-refractivity contribution is -0.138. The van der Waals surface area contributed by atoms with Crippen molar-refractivity contribution in [2.45, 2.75) is 32.0 Å². The molecule has 0 amide bonds. The second kappa shape index (κ2) is 7.92. The van der Waals surface area contributed by atoms with Crippen LogP contribution >= 0.6 is 0 Å². The highest BCUT2D eigenvalue weighted by atomic mass is 19.4. The van der Waals surface area contributed by atoms with E-state index in [0.29, 0.717) is 24.9 Å². The SMILES string of the molecule is C[C@@H](NCCCc1ccccc1C(F)(F)F)c1cccc2ccccc12. The van der Waals surface area contributed by atoms with Crippen LogP contribution in [-0.4, -0.2) is 6.54 Å². The van der Waals surface area contributed by atoms with Gasteiger partial charge in [0.05, 0.1) is 5.56 Å². The van der Waals surface area contributed by atoms with Gasteiger partial charge in [-0.05, 0) is 54.3 Å². The molecule has 0 spiro atoms. The summed E-state index contributed by atoms with van der Waals surface area (Å²) in [7, 11) is 0. The summed E-state index contributed by atoms with van der Waals surface area (Å²) in [5.41, 5.74) is 1.04. The minimum absolute atomic E-state index is 0.138. The fraction of sp³-hybridized carbons (Fsp3) is 0.273. The van der Waals surface area contributed by atoms with E-state index in [9.17, 15) is 13.2 Å². The third kappa shape index (κ3) is 4.25. The van der Waals surface area contributed by atoms with Crippen molar-refractivity contribution in [1.82, 2.24) is 5.32 Å². The number of halogens is 3. The lowest BCUT2D eigenvalue weighted by Crippen LogP contribution is -2.21. The molecule has 4 heteroatoms. The highest BCUT2D eigenvalue weighted by molar-refractivity contribution is 5.86. The molecule has 0 bridgehead atoms. The number of rotatable bonds is 6. The summed E-state index contributed by atoms with van der Waals surface area (Å²) in [4.78, 5) is 0. The number of hydrogen-bond donors (Lipinski definition) is 1. The van der Waals surface area contributed by atoms with Gasteiger partial charge in [-0.3, -0.25) is 0 Å². The molecular weight excluding hydrogens is 335 g/mol. The van der Waals surface area contributed by atoms with E-state index in [1.165, 1.54) is 22.4 Å². The number of nitrogens with one attached hydrogen (secondary N) is 1. The number of alkyl halides is 3. The molecule has 0 aromatic heterocycles. The molecule has 3 rings (SSSR count). The summed E-state index contributed by atoms with van der Waals surface area (Å²) in [6.45, 7) is 2.75. The number of hydrogen-bond acceptors (Lipinski definition) is 1. The average molecular weight is 357 g/mol. The topological polar surface area (TPSA) is 12.0 Å². The molecule has 0 unspecified atom stereocenters. The molecule has 136 valence electrons. The lowest BCUT2D eigenvalue weighted by atomic mass is 9.99. The van der Waals surface area contributed by atoms with Gasteiger partial charge in [0.2, 0.25) is 0 Å². The highest BCUT2D eigenvalue weighted by Crippen LogP contribution is 2.32. The Morgan fingerprint density at radius 1 is 0.885 bits per heavy atom. The van der Waals surface area contributed by atoms with Crippen molar-refractivity contribution >= 4 is 10.8 Å². The van der Waals surface area contributed by atoms with E-state index < -0.39 is 11.7 Å². The minimum atomic E-state index is -4.29. The monoisotopic (exact) mass is 357 g/mol. The first-order valence-corrected chi connectivity index (χ1v) is 8.83. The molecule has 0 aliphatic rings. The Balaban J connectivity index is 1.61. The second-order valence-corrected chi connectivity index (χ2v) is 6.50. The van der Waals surface area contributed by atoms with Crippen LogP contribution in [0.5, 0.6) is 0 Å². The molecule has 0 saturated heterocycles. The van der Waals surface area contributed by atoms with Crippen LogP contribution in [0.15, 0.2) is 66.7 Å². The largest absolute Gasteiger partial charge is 0.416 e. The molecule has 1 N–H and O–H groups in total. The molecule has 0 aliphatic heterocycles. The number of aryl methyl sites for hydroxylation is 1. The Morgan fingerprint density at radius 2 is 1.58 bits per heavy atom. The van der Waals surface area contributed by atoms with Crippen molar-refractivity contribution in [3.05, 3.63) is 83.4 Å². The van der Waals surface area contributed by atoms with Gasteiger partial charge in [0, 0.05) is 6.04 Å². The molecule has 0 fully saturated rings. The van der Waals surface area contributed by atoms with E-state index in [2.05, 4.69) is 36.5 Å². The number of fused-ring (bicyclic) bond motifs is 1. The predicted molar refractivity (Wildman–Crippen MR) is 100 cm³/mol. The minimum Gasteiger partial charge on any atom is -0.310 e. The average Bonchev–Trinajstić information content (AvgIpc) is 2.64. The third-order valence-corrected chi connectivity index (χ3v) is 4.69. The second-order valence-electron chi connectivity index (χ2n) is 6.50. The summed E-state index contributed by atoms with van der Waals surface area (Å²) in [6.07, 6.45) is -3.23. The molecule has 0 saturated carbocycles. The van der Waals surface area contributed by atoms with E-state index in [1.807, 2.05) is 18.2 Å². The maximum atomic E-state index is 13.0. The van der Waals surface area contributed by atoms with Crippen molar-refractivity contribution in [1.29, 1.82) is 0 Å². The third-order valence-electron chi connectivity index (χ3n) is 4.69. The van der Waals surface area contributed by atoms with Crippen LogP contribution in [0.4, 0.5) is 13.2 Å². The first-order valence-electron chi connectivity index (χ1n) is 8.83. The fourth-order valence-electron chi connectivity index (χ4n) is 3.35. The predicted octanol–water partition coefficient (Wildman–Crippen LogP) is 6.14. The molecule has 3 aromatic rings. The van der Waals surface area contributed by atoms with Gasteiger partial charge >= 0.3 is 6.18 Å². The van der Waals surface area contributed by atoms with E-state index in [-0.39, 0.29) is 6.04 Å². The first-order chi connectivity index (χ1) is 12.5. The molecule has 0 aliphatic carbocycles. The van der Waals surface area contributed by atoms with Crippen LogP contribution in [-0.2, 0) is 12.6 Å². The van der Waals surface area contributed by atoms with Gasteiger partial charge in [-0.1, -0.05) is 60.7 Å². The zero-order valence-corrected chi connectivity index (χ0v) is 14.7. The Labute approximate surface area is 151 Å². The maximum Gasteiger partial charge on any atom is 0.416 e. The molecule has 26 heavy (non-hydrogen) atoms. The standard InChI is InChI=1S/C22H22F3N/c1-16(19-13-6-10-17-8-2-4-12-20(17)19)26-15-7-11-18-9-3-5-14-21(18)22(23,24)25/h2-6,8-10,12-14,16,26H,7,11,15H2,1H3/t16-/m1/s1. The molecule has 1 atom stereocenters. The van der Waals surface area contributed by atoms with Crippen LogP contribution in [0.3, 0.4) is 0 Å². The summed E-state index contributed by atoms with van der Waals surface area (Å²) in [6, 6.07) is 20.4. The summed E-state index contributed by atoms with van der Waals surface area (Å²) in [5.74, 6) is 0. The van der Waals surface area contributed by atoms with Crippen molar-refractivity contribution in [3.8, 4) is 0 Å². The Bertz CT molecular complexity index is 865. The van der Waals surface area contributed by atoms with Gasteiger partial charge in [0.15, 0.2) is 0 Å². The van der Waals surface area contributed by atoms with Crippen LogP contribution in [0.1, 0.15) is 36.1 Å². The Kier molecular flexibility index (Phi) is 5.62. The zero-order chi connectivity index (χ0) is 18.6. The van der Waals surface area contributed by atoms with Crippen LogP contribution in [0, 0.1) is 0 Å². The van der Waals surface area contributed by atoms with Gasteiger partial charge < -0.3 is 5.32 Å². The zero-order valence-electron chi connectivity index (χ0n) is 14.7. The quantitative estimate of drug-likeness (QED) is 0.522. The van der Waals surface area contributed by atoms with Gasteiger partial charge in [-0.25, -0.2) is 0 Å². The van der Waals surface area contributed by atoms with Crippen molar-refractivity contribution in [2.24, 2.45) is 0 Å². The highest BCUT2D eigenvalue weighted by Gasteiger charge is 2.32. The lowest BCUT2D eigenvalue weighted by Gasteiger charge is -2.17. The van der Waals surface area contributed by atoms with Crippen LogP contribution in [0.2, 0.25) is 0 Å². The van der Waals surface area contributed by atoms with E-state index in [4.69, 9.17) is 0 Å². The summed E-state index contributed by atoms with van der Waals surface area (Å²) in [5, 5.41) is 5.84. The summed E-state index contributed by atoms with van der Waals surface area (Å²) < 4.78 is 39.1. The van der Waals surface area contributed by atoms with Crippen molar-refractivity contribution in [3.63, 3.8) is 0 Å². The Hall–Kier alpha value is -2.33. The van der Waals surface area contributed by atoms with Crippen molar-refractivity contribution in [2.75, 3.05) is 6.54 Å². The smallest absolute Gasteiger partial charge is 0.310 e. The van der Waals surface area contributed by atoms with Crippen molar-refractivity contribution < 1.29 is 13.2 Å².